The SMILES string of the molecule is CC(=O)N1c2ccc(C3CNN(C4CC4)C3)cc2N(C(=O)Oc2ccc3c(c2)NCN3C)C[C@@H]1C. The molecular weight excluding hydrogens is 444 g/mol. The van der Waals surface area contributed by atoms with Crippen LogP contribution in [0.25, 0.3) is 0 Å². The molecule has 6 rings (SSSR count). The van der Waals surface area contributed by atoms with Crippen LogP contribution in [0.15, 0.2) is 36.4 Å². The van der Waals surface area contributed by atoms with E-state index in [1.165, 1.54) is 18.4 Å². The average molecular weight is 477 g/mol. The number of hydrogen-bond acceptors (Lipinski definition) is 7. The lowest BCUT2D eigenvalue weighted by Gasteiger charge is -2.40. The molecule has 3 aliphatic heterocycles. The van der Waals surface area contributed by atoms with Crippen molar-refractivity contribution in [2.45, 2.75) is 44.7 Å². The zero-order valence-electron chi connectivity index (χ0n) is 20.5. The van der Waals surface area contributed by atoms with Crippen LogP contribution >= 0.6 is 0 Å². The first-order valence-electron chi connectivity index (χ1n) is 12.4. The summed E-state index contributed by atoms with van der Waals surface area (Å²) in [7, 11) is 2.01. The van der Waals surface area contributed by atoms with E-state index in [-0.39, 0.29) is 11.9 Å². The summed E-state index contributed by atoms with van der Waals surface area (Å²) in [5, 5.41) is 5.65. The molecule has 35 heavy (non-hydrogen) atoms. The molecule has 9 nitrogen and oxygen atoms in total. The van der Waals surface area contributed by atoms with E-state index in [2.05, 4.69) is 32.8 Å². The Morgan fingerprint density at radius 3 is 2.60 bits per heavy atom. The number of hydrogen-bond donors (Lipinski definition) is 2. The summed E-state index contributed by atoms with van der Waals surface area (Å²) in [4.78, 5) is 31.5. The third kappa shape index (κ3) is 3.98. The maximum absolute atomic E-state index is 13.4. The number of anilines is 4. The molecule has 4 aliphatic rings. The topological polar surface area (TPSA) is 80.4 Å². The molecule has 0 spiro atoms. The minimum absolute atomic E-state index is 0.0317. The van der Waals surface area contributed by atoms with Gasteiger partial charge in [-0.05, 0) is 49.6 Å². The van der Waals surface area contributed by atoms with Gasteiger partial charge in [0.2, 0.25) is 5.91 Å². The first-order chi connectivity index (χ1) is 16.9. The molecule has 2 fully saturated rings. The number of nitrogens with one attached hydrogen (secondary N) is 2. The highest BCUT2D eigenvalue weighted by molar-refractivity contribution is 6.02. The van der Waals surface area contributed by atoms with E-state index in [1.54, 1.807) is 16.7 Å². The van der Waals surface area contributed by atoms with Gasteiger partial charge in [0.05, 0.1) is 35.5 Å². The lowest BCUT2D eigenvalue weighted by atomic mass is 9.97. The van der Waals surface area contributed by atoms with Crippen molar-refractivity contribution >= 4 is 34.7 Å². The number of carbonyl (C=O) groups excluding carboxylic acids is 2. The largest absolute Gasteiger partial charge is 0.419 e. The van der Waals surface area contributed by atoms with Crippen LogP contribution in [-0.4, -0.2) is 62.4 Å². The van der Waals surface area contributed by atoms with Gasteiger partial charge in [-0.2, -0.15) is 0 Å². The molecule has 2 aromatic rings. The van der Waals surface area contributed by atoms with Crippen molar-refractivity contribution < 1.29 is 14.3 Å². The van der Waals surface area contributed by atoms with Crippen molar-refractivity contribution in [3.05, 3.63) is 42.0 Å². The Balaban J connectivity index is 1.29. The zero-order valence-corrected chi connectivity index (χ0v) is 20.5. The Labute approximate surface area is 205 Å². The van der Waals surface area contributed by atoms with Gasteiger partial charge in [-0.3, -0.25) is 15.1 Å². The Morgan fingerprint density at radius 2 is 1.83 bits per heavy atom. The van der Waals surface area contributed by atoms with Gasteiger partial charge in [0.1, 0.15) is 5.75 Å². The van der Waals surface area contributed by atoms with Crippen molar-refractivity contribution in [3.8, 4) is 5.75 Å². The molecule has 1 aliphatic carbocycles. The van der Waals surface area contributed by atoms with Gasteiger partial charge in [-0.15, -0.1) is 0 Å². The summed E-state index contributed by atoms with van der Waals surface area (Å²) in [5.74, 6) is 0.801. The molecule has 2 amide bonds. The fraction of sp³-hybridized carbons (Fsp3) is 0.462. The quantitative estimate of drug-likeness (QED) is 0.703. The summed E-state index contributed by atoms with van der Waals surface area (Å²) >= 11 is 0. The second kappa shape index (κ2) is 8.42. The molecule has 2 aromatic carbocycles. The molecule has 1 unspecified atom stereocenters. The number of ether oxygens (including phenoxy) is 1. The van der Waals surface area contributed by atoms with Crippen LogP contribution in [0.3, 0.4) is 0 Å². The number of fused-ring (bicyclic) bond motifs is 2. The number of nitrogens with zero attached hydrogens (tertiary/aromatic N) is 4. The number of benzene rings is 2. The van der Waals surface area contributed by atoms with Crippen molar-refractivity contribution in [2.75, 3.05) is 53.4 Å². The van der Waals surface area contributed by atoms with E-state index in [1.807, 2.05) is 38.2 Å². The van der Waals surface area contributed by atoms with Crippen LogP contribution in [0, 0.1) is 0 Å². The van der Waals surface area contributed by atoms with E-state index < -0.39 is 6.09 Å². The molecule has 9 heteroatoms. The van der Waals surface area contributed by atoms with Gasteiger partial charge < -0.3 is 19.9 Å². The highest BCUT2D eigenvalue weighted by Crippen LogP contribution is 2.40. The van der Waals surface area contributed by atoms with Crippen LogP contribution in [0.4, 0.5) is 27.5 Å². The van der Waals surface area contributed by atoms with E-state index in [9.17, 15) is 9.59 Å². The Morgan fingerprint density at radius 1 is 1.03 bits per heavy atom. The number of amides is 2. The number of hydrazine groups is 1. The number of carbonyl (C=O) groups is 2. The van der Waals surface area contributed by atoms with Crippen LogP contribution in [-0.2, 0) is 4.79 Å². The first kappa shape index (κ1) is 22.2. The van der Waals surface area contributed by atoms with E-state index in [0.717, 1.165) is 42.5 Å². The van der Waals surface area contributed by atoms with E-state index in [4.69, 9.17) is 4.74 Å². The van der Waals surface area contributed by atoms with Crippen molar-refractivity contribution in [1.82, 2.24) is 10.4 Å². The van der Waals surface area contributed by atoms with Gasteiger partial charge in [-0.25, -0.2) is 9.80 Å². The summed E-state index contributed by atoms with van der Waals surface area (Å²) in [5.41, 5.74) is 8.19. The lowest BCUT2D eigenvalue weighted by Crippen LogP contribution is -2.52. The maximum atomic E-state index is 13.4. The third-order valence-electron chi connectivity index (χ3n) is 7.51. The second-order valence-corrected chi connectivity index (χ2v) is 10.1. The van der Waals surface area contributed by atoms with Crippen molar-refractivity contribution in [2.24, 2.45) is 0 Å². The highest BCUT2D eigenvalue weighted by Gasteiger charge is 2.38. The summed E-state index contributed by atoms with van der Waals surface area (Å²) in [6.45, 7) is 6.47. The summed E-state index contributed by atoms with van der Waals surface area (Å²) in [6.07, 6.45) is 2.07. The van der Waals surface area contributed by atoms with E-state index in [0.29, 0.717) is 24.3 Å². The molecule has 3 heterocycles. The van der Waals surface area contributed by atoms with Crippen LogP contribution < -0.4 is 30.2 Å². The zero-order chi connectivity index (χ0) is 24.3. The second-order valence-electron chi connectivity index (χ2n) is 10.1. The third-order valence-corrected chi connectivity index (χ3v) is 7.51. The first-order valence-corrected chi connectivity index (χ1v) is 12.4. The van der Waals surface area contributed by atoms with Crippen LogP contribution in [0.5, 0.6) is 5.75 Å². The molecule has 2 N–H and O–H groups in total. The van der Waals surface area contributed by atoms with Gasteiger partial charge in [-0.1, -0.05) is 6.07 Å². The molecule has 0 aromatic heterocycles. The van der Waals surface area contributed by atoms with Crippen LogP contribution in [0.1, 0.15) is 38.2 Å². The molecule has 0 bridgehead atoms. The summed E-state index contributed by atoms with van der Waals surface area (Å²) < 4.78 is 5.84. The minimum Gasteiger partial charge on any atom is -0.410 e. The smallest absolute Gasteiger partial charge is 0.410 e. The maximum Gasteiger partial charge on any atom is 0.419 e. The predicted molar refractivity (Wildman–Crippen MR) is 136 cm³/mol. The molecule has 1 saturated heterocycles. The predicted octanol–water partition coefficient (Wildman–Crippen LogP) is 3.33. The van der Waals surface area contributed by atoms with Gasteiger partial charge in [0.25, 0.3) is 0 Å². The normalized spacial score (nSPS) is 23.7. The van der Waals surface area contributed by atoms with Crippen molar-refractivity contribution in [1.29, 1.82) is 0 Å². The lowest BCUT2D eigenvalue weighted by molar-refractivity contribution is -0.117. The Kier molecular flexibility index (Phi) is 5.34. The molecule has 184 valence electrons. The molecule has 1 saturated carbocycles. The van der Waals surface area contributed by atoms with Gasteiger partial charge in [0, 0.05) is 51.6 Å². The Hall–Kier alpha value is -3.30. The van der Waals surface area contributed by atoms with Gasteiger partial charge >= 0.3 is 6.09 Å². The molecule has 0 radical (unpaired) electrons. The van der Waals surface area contributed by atoms with Crippen molar-refractivity contribution in [3.63, 3.8) is 0 Å². The molecule has 2 atom stereocenters. The van der Waals surface area contributed by atoms with Gasteiger partial charge in [0.15, 0.2) is 0 Å². The summed E-state index contributed by atoms with van der Waals surface area (Å²) in [6, 6.07) is 12.3. The number of rotatable bonds is 3. The fourth-order valence-corrected chi connectivity index (χ4v) is 5.53. The van der Waals surface area contributed by atoms with Crippen LogP contribution in [0.2, 0.25) is 0 Å². The minimum atomic E-state index is -0.436. The monoisotopic (exact) mass is 476 g/mol. The standard InChI is InChI=1S/C26H32N6O3/c1-16-13-30(26(34)35-21-7-9-23-22(11-21)27-15-29(23)3)25-10-18(4-8-24(25)32(16)17(2)33)19-12-28-31(14-19)20-5-6-20/h4,7-11,16,19-20,27-28H,5-6,12-15H2,1-3H3/t16-,19?/m0/s1. The van der Waals surface area contributed by atoms with E-state index >= 15 is 0 Å². The Bertz CT molecular complexity index is 1180. The highest BCUT2D eigenvalue weighted by atomic mass is 16.6. The fourth-order valence-electron chi connectivity index (χ4n) is 5.53. The average Bonchev–Trinajstić information content (AvgIpc) is 3.45. The molecular formula is C26H32N6O3.